The minimum atomic E-state index is -0.0322. The molecule has 0 unspecified atom stereocenters. The lowest BCUT2D eigenvalue weighted by Crippen LogP contribution is -2.46. The molecule has 1 aliphatic heterocycles. The van der Waals surface area contributed by atoms with Crippen LogP contribution in [0, 0.1) is 12.8 Å². The van der Waals surface area contributed by atoms with Crippen LogP contribution in [0.1, 0.15) is 44.2 Å². The summed E-state index contributed by atoms with van der Waals surface area (Å²) in [6.07, 6.45) is 3.60. The molecule has 0 saturated carbocycles. The number of aromatic nitrogens is 1. The van der Waals surface area contributed by atoms with Gasteiger partial charge in [0.1, 0.15) is 0 Å². The van der Waals surface area contributed by atoms with Crippen molar-refractivity contribution in [3.05, 3.63) is 65.7 Å². The number of nitrogens with one attached hydrogen (secondary N) is 1. The quantitative estimate of drug-likeness (QED) is 0.440. The predicted octanol–water partition coefficient (Wildman–Crippen LogP) is 5.56. The van der Waals surface area contributed by atoms with E-state index in [2.05, 4.69) is 77.3 Å². The predicted molar refractivity (Wildman–Crippen MR) is 143 cm³/mol. The molecule has 2 heterocycles. The average molecular weight is 475 g/mol. The maximum Gasteiger partial charge on any atom is 0.224 e. The minimum absolute atomic E-state index is 0.0322. The van der Waals surface area contributed by atoms with E-state index in [1.165, 1.54) is 11.3 Å². The largest absolute Gasteiger partial charge is 0.441 e. The highest BCUT2D eigenvalue weighted by molar-refractivity contribution is 5.91. The van der Waals surface area contributed by atoms with Gasteiger partial charge in [0, 0.05) is 56.0 Å². The van der Waals surface area contributed by atoms with Gasteiger partial charge in [-0.1, -0.05) is 45.0 Å². The Kier molecular flexibility index (Phi) is 8.24. The molecule has 0 radical (unpaired) electrons. The monoisotopic (exact) mass is 474 g/mol. The molecule has 4 rings (SSSR count). The maximum atomic E-state index is 12.6. The summed E-state index contributed by atoms with van der Waals surface area (Å²) < 4.78 is 5.91. The number of hydrogen-bond acceptors (Lipinski definition) is 5. The number of rotatable bonds is 9. The number of carbonyl (C=O) groups excluding carboxylic acids is 1. The van der Waals surface area contributed by atoms with Crippen LogP contribution in [0.25, 0.3) is 11.3 Å². The molecule has 1 N–H and O–H groups in total. The van der Waals surface area contributed by atoms with Crippen molar-refractivity contribution < 1.29 is 9.21 Å². The van der Waals surface area contributed by atoms with Crippen LogP contribution in [0.2, 0.25) is 0 Å². The van der Waals surface area contributed by atoms with Crippen LogP contribution >= 0.6 is 0 Å². The van der Waals surface area contributed by atoms with Crippen molar-refractivity contribution in [1.29, 1.82) is 0 Å². The SMILES string of the molecule is CCN1CCN(c2ccc(NC(=O)CCc3ncc(-c4ccc(CC(C)C)cc4)o3)c(C)c2)CC1. The smallest absolute Gasteiger partial charge is 0.224 e. The Balaban J connectivity index is 1.28. The standard InChI is InChI=1S/C29H38N4O2/c1-5-32-14-16-33(17-15-32)25-10-11-26(22(4)19-25)31-28(34)12-13-29-30-20-27(35-29)24-8-6-23(7-9-24)18-21(2)3/h6-11,19-21H,5,12-18H2,1-4H3,(H,31,34). The van der Waals surface area contributed by atoms with E-state index in [1.54, 1.807) is 6.20 Å². The normalized spacial score (nSPS) is 14.5. The van der Waals surface area contributed by atoms with Gasteiger partial charge in [0.2, 0.25) is 5.91 Å². The van der Waals surface area contributed by atoms with E-state index in [1.807, 2.05) is 13.0 Å². The van der Waals surface area contributed by atoms with Gasteiger partial charge in [0.25, 0.3) is 0 Å². The van der Waals surface area contributed by atoms with Gasteiger partial charge in [-0.2, -0.15) is 0 Å². The number of oxazole rings is 1. The number of aryl methyl sites for hydroxylation is 2. The van der Waals surface area contributed by atoms with Gasteiger partial charge < -0.3 is 19.5 Å². The minimum Gasteiger partial charge on any atom is -0.441 e. The van der Waals surface area contributed by atoms with Crippen molar-refractivity contribution >= 4 is 17.3 Å². The second-order valence-corrected chi connectivity index (χ2v) is 9.88. The van der Waals surface area contributed by atoms with Crippen LogP contribution in [0.15, 0.2) is 53.1 Å². The molecule has 0 bridgehead atoms. The highest BCUT2D eigenvalue weighted by atomic mass is 16.4. The van der Waals surface area contributed by atoms with Gasteiger partial charge in [-0.25, -0.2) is 4.98 Å². The summed E-state index contributed by atoms with van der Waals surface area (Å²) >= 11 is 0. The third-order valence-corrected chi connectivity index (χ3v) is 6.67. The van der Waals surface area contributed by atoms with Crippen molar-refractivity contribution in [1.82, 2.24) is 9.88 Å². The first-order chi connectivity index (χ1) is 16.9. The molecule has 1 aromatic heterocycles. The third kappa shape index (κ3) is 6.73. The number of piperazine rings is 1. The number of nitrogens with zero attached hydrogens (tertiary/aromatic N) is 3. The summed E-state index contributed by atoms with van der Waals surface area (Å²) in [7, 11) is 0. The Morgan fingerprint density at radius 3 is 2.49 bits per heavy atom. The van der Waals surface area contributed by atoms with Gasteiger partial charge in [-0.15, -0.1) is 0 Å². The zero-order valence-corrected chi connectivity index (χ0v) is 21.5. The van der Waals surface area contributed by atoms with Crippen molar-refractivity contribution in [3.63, 3.8) is 0 Å². The van der Waals surface area contributed by atoms with E-state index in [0.717, 1.165) is 61.7 Å². The molecule has 186 valence electrons. The van der Waals surface area contributed by atoms with Crippen molar-refractivity contribution in [3.8, 4) is 11.3 Å². The van der Waals surface area contributed by atoms with Crippen LogP contribution in [-0.4, -0.2) is 48.5 Å². The lowest BCUT2D eigenvalue weighted by Gasteiger charge is -2.35. The van der Waals surface area contributed by atoms with Crippen LogP contribution in [0.5, 0.6) is 0 Å². The molecule has 6 nitrogen and oxygen atoms in total. The van der Waals surface area contributed by atoms with Crippen LogP contribution in [0.3, 0.4) is 0 Å². The van der Waals surface area contributed by atoms with Gasteiger partial charge >= 0.3 is 0 Å². The van der Waals surface area contributed by atoms with Crippen molar-refractivity contribution in [2.75, 3.05) is 42.9 Å². The number of benzene rings is 2. The number of likely N-dealkylation sites (N-methyl/N-ethyl adjacent to an activating group) is 1. The summed E-state index contributed by atoms with van der Waals surface area (Å²) in [6.45, 7) is 14.1. The molecule has 0 aliphatic carbocycles. The van der Waals surface area contributed by atoms with Crippen LogP contribution in [-0.2, 0) is 17.6 Å². The molecule has 0 spiro atoms. The first-order valence-electron chi connectivity index (χ1n) is 12.8. The average Bonchev–Trinajstić information content (AvgIpc) is 3.33. The second-order valence-electron chi connectivity index (χ2n) is 9.88. The van der Waals surface area contributed by atoms with Crippen molar-refractivity contribution in [2.45, 2.75) is 47.0 Å². The number of hydrogen-bond donors (Lipinski definition) is 1. The summed E-state index contributed by atoms with van der Waals surface area (Å²) in [6, 6.07) is 14.7. The molecule has 1 aliphatic rings. The summed E-state index contributed by atoms with van der Waals surface area (Å²) in [5.41, 5.74) is 5.49. The number of amides is 1. The molecule has 0 atom stereocenters. The van der Waals surface area contributed by atoms with E-state index in [9.17, 15) is 4.79 Å². The molecule has 35 heavy (non-hydrogen) atoms. The molecule has 1 amide bonds. The van der Waals surface area contributed by atoms with E-state index < -0.39 is 0 Å². The number of anilines is 2. The van der Waals surface area contributed by atoms with E-state index in [-0.39, 0.29) is 5.91 Å². The zero-order chi connectivity index (χ0) is 24.8. The Hall–Kier alpha value is -3.12. The fourth-order valence-electron chi connectivity index (χ4n) is 4.58. The molecule has 1 saturated heterocycles. The van der Waals surface area contributed by atoms with Crippen molar-refractivity contribution in [2.24, 2.45) is 5.92 Å². The Labute approximate surface area is 209 Å². The lowest BCUT2D eigenvalue weighted by molar-refractivity contribution is -0.116. The fraction of sp³-hybridized carbons (Fsp3) is 0.448. The molecule has 6 heteroatoms. The molecular formula is C29H38N4O2. The third-order valence-electron chi connectivity index (χ3n) is 6.67. The summed E-state index contributed by atoms with van der Waals surface area (Å²) in [5.74, 6) is 1.92. The topological polar surface area (TPSA) is 61.6 Å². The van der Waals surface area contributed by atoms with Crippen LogP contribution in [0.4, 0.5) is 11.4 Å². The van der Waals surface area contributed by atoms with E-state index in [4.69, 9.17) is 4.42 Å². The second kappa shape index (κ2) is 11.5. The van der Waals surface area contributed by atoms with Gasteiger partial charge in [-0.05, 0) is 55.1 Å². The molecule has 1 fully saturated rings. The van der Waals surface area contributed by atoms with E-state index in [0.29, 0.717) is 24.7 Å². The zero-order valence-electron chi connectivity index (χ0n) is 21.5. The number of carbonyl (C=O) groups is 1. The highest BCUT2D eigenvalue weighted by Crippen LogP contribution is 2.25. The van der Waals surface area contributed by atoms with Gasteiger partial charge in [0.05, 0.1) is 6.20 Å². The first kappa shape index (κ1) is 25.0. The Bertz CT molecular complexity index is 1110. The molecule has 2 aromatic carbocycles. The molecular weight excluding hydrogens is 436 g/mol. The highest BCUT2D eigenvalue weighted by Gasteiger charge is 2.17. The fourth-order valence-corrected chi connectivity index (χ4v) is 4.58. The Morgan fingerprint density at radius 1 is 1.09 bits per heavy atom. The van der Waals surface area contributed by atoms with Gasteiger partial charge in [-0.3, -0.25) is 4.79 Å². The molecule has 3 aromatic rings. The summed E-state index contributed by atoms with van der Waals surface area (Å²) in [5, 5.41) is 3.05. The Morgan fingerprint density at radius 2 is 1.83 bits per heavy atom. The maximum absolute atomic E-state index is 12.6. The lowest BCUT2D eigenvalue weighted by atomic mass is 10.0. The van der Waals surface area contributed by atoms with Crippen LogP contribution < -0.4 is 10.2 Å². The first-order valence-corrected chi connectivity index (χ1v) is 12.8. The van der Waals surface area contributed by atoms with Gasteiger partial charge in [0.15, 0.2) is 11.7 Å². The van der Waals surface area contributed by atoms with E-state index >= 15 is 0 Å². The summed E-state index contributed by atoms with van der Waals surface area (Å²) in [4.78, 5) is 21.9.